The summed E-state index contributed by atoms with van der Waals surface area (Å²) in [5.74, 6) is 0. The Kier molecular flexibility index (Phi) is 4.03. The average Bonchev–Trinajstić information content (AvgIpc) is 2.30. The van der Waals surface area contributed by atoms with Gasteiger partial charge in [-0.05, 0) is 43.9 Å². The molecule has 2 atom stereocenters. The Labute approximate surface area is 117 Å². The van der Waals surface area contributed by atoms with Crippen LogP contribution >= 0.6 is 0 Å². The minimum absolute atomic E-state index is 0.237. The van der Waals surface area contributed by atoms with E-state index in [1.165, 1.54) is 22.3 Å². The lowest BCUT2D eigenvalue weighted by molar-refractivity contribution is -0.0979. The molecule has 2 heteroatoms. The number of benzene rings is 1. The van der Waals surface area contributed by atoms with E-state index in [4.69, 9.17) is 4.74 Å². The summed E-state index contributed by atoms with van der Waals surface area (Å²) in [5.41, 5.74) is 5.82. The number of hydrogen-bond acceptors (Lipinski definition) is 2. The molecule has 106 valence electrons. The van der Waals surface area contributed by atoms with Crippen molar-refractivity contribution in [2.45, 2.75) is 59.7 Å². The lowest BCUT2D eigenvalue weighted by Gasteiger charge is -2.51. The average molecular weight is 261 g/mol. The number of rotatable bonds is 4. The van der Waals surface area contributed by atoms with E-state index in [1.807, 2.05) is 7.11 Å². The zero-order chi connectivity index (χ0) is 14.2. The zero-order valence-corrected chi connectivity index (χ0v) is 13.1. The van der Waals surface area contributed by atoms with Crippen LogP contribution in [0.3, 0.4) is 0 Å². The molecular formula is C17H27NO. The maximum atomic E-state index is 5.51. The third-order valence-electron chi connectivity index (χ3n) is 4.83. The zero-order valence-electron chi connectivity index (χ0n) is 13.1. The van der Waals surface area contributed by atoms with Crippen molar-refractivity contribution >= 4 is 0 Å². The van der Waals surface area contributed by atoms with Crippen LogP contribution in [0.1, 0.15) is 42.5 Å². The van der Waals surface area contributed by atoms with E-state index in [0.717, 1.165) is 13.0 Å². The molecular weight excluding hydrogens is 234 g/mol. The van der Waals surface area contributed by atoms with Crippen molar-refractivity contribution in [3.63, 3.8) is 0 Å². The van der Waals surface area contributed by atoms with Crippen LogP contribution < -0.4 is 5.32 Å². The van der Waals surface area contributed by atoms with Gasteiger partial charge in [0.15, 0.2) is 0 Å². The van der Waals surface area contributed by atoms with Crippen molar-refractivity contribution in [2.24, 2.45) is 5.41 Å². The molecule has 0 amide bonds. The third kappa shape index (κ3) is 2.70. The summed E-state index contributed by atoms with van der Waals surface area (Å²) >= 11 is 0. The molecule has 1 aromatic carbocycles. The Hall–Kier alpha value is -0.860. The molecule has 0 bridgehead atoms. The predicted molar refractivity (Wildman–Crippen MR) is 80.5 cm³/mol. The Bertz CT molecular complexity index is 441. The molecule has 0 heterocycles. The number of nitrogens with one attached hydrogen (secondary N) is 1. The van der Waals surface area contributed by atoms with Crippen molar-refractivity contribution < 1.29 is 4.74 Å². The molecule has 0 radical (unpaired) electrons. The monoisotopic (exact) mass is 261 g/mol. The molecule has 1 N–H and O–H groups in total. The van der Waals surface area contributed by atoms with Crippen LogP contribution in [0.4, 0.5) is 0 Å². The van der Waals surface area contributed by atoms with Gasteiger partial charge in [-0.1, -0.05) is 31.5 Å². The maximum absolute atomic E-state index is 5.51. The van der Waals surface area contributed by atoms with Crippen LogP contribution in [0.2, 0.25) is 0 Å². The standard InChI is InChI=1S/C17H27NO/c1-11-7-12(2)14(13(3)8-11)10-18-15-9-16(19-6)17(15,4)5/h7-8,15-16,18H,9-10H2,1-6H3. The summed E-state index contributed by atoms with van der Waals surface area (Å²) in [4.78, 5) is 0. The van der Waals surface area contributed by atoms with E-state index in [9.17, 15) is 0 Å². The highest BCUT2D eigenvalue weighted by Gasteiger charge is 2.48. The minimum Gasteiger partial charge on any atom is -0.381 e. The van der Waals surface area contributed by atoms with Crippen molar-refractivity contribution in [3.05, 3.63) is 34.4 Å². The number of methoxy groups -OCH3 is 1. The van der Waals surface area contributed by atoms with Crippen LogP contribution in [-0.4, -0.2) is 19.3 Å². The number of aryl methyl sites for hydroxylation is 3. The second kappa shape index (κ2) is 5.26. The summed E-state index contributed by atoms with van der Waals surface area (Å²) in [6.07, 6.45) is 1.51. The fraction of sp³-hybridized carbons (Fsp3) is 0.647. The first-order chi connectivity index (χ1) is 8.86. The van der Waals surface area contributed by atoms with Crippen LogP contribution in [0.15, 0.2) is 12.1 Å². The molecule has 0 aromatic heterocycles. The van der Waals surface area contributed by atoms with Crippen LogP contribution in [-0.2, 0) is 11.3 Å². The number of ether oxygens (including phenoxy) is 1. The molecule has 1 aliphatic carbocycles. The van der Waals surface area contributed by atoms with Crippen LogP contribution in [0.5, 0.6) is 0 Å². The first kappa shape index (κ1) is 14.5. The summed E-state index contributed by atoms with van der Waals surface area (Å²) in [6, 6.07) is 5.10. The molecule has 2 rings (SSSR count). The van der Waals surface area contributed by atoms with E-state index < -0.39 is 0 Å². The number of hydrogen-bond donors (Lipinski definition) is 1. The predicted octanol–water partition coefficient (Wildman–Crippen LogP) is 3.51. The highest BCUT2D eigenvalue weighted by Crippen LogP contribution is 2.42. The van der Waals surface area contributed by atoms with Crippen LogP contribution in [0.25, 0.3) is 0 Å². The first-order valence-electron chi connectivity index (χ1n) is 7.19. The lowest BCUT2D eigenvalue weighted by Crippen LogP contribution is -2.60. The molecule has 1 aromatic rings. The van der Waals surface area contributed by atoms with Gasteiger partial charge < -0.3 is 10.1 Å². The van der Waals surface area contributed by atoms with E-state index >= 15 is 0 Å². The van der Waals surface area contributed by atoms with Gasteiger partial charge in [-0.3, -0.25) is 0 Å². The van der Waals surface area contributed by atoms with Crippen molar-refractivity contribution in [1.82, 2.24) is 5.32 Å². The Morgan fingerprint density at radius 1 is 1.21 bits per heavy atom. The van der Waals surface area contributed by atoms with Gasteiger partial charge in [0.05, 0.1) is 6.10 Å². The van der Waals surface area contributed by atoms with E-state index in [2.05, 4.69) is 52.1 Å². The smallest absolute Gasteiger partial charge is 0.0652 e. The molecule has 2 nitrogen and oxygen atoms in total. The van der Waals surface area contributed by atoms with Crippen LogP contribution in [0, 0.1) is 26.2 Å². The second-order valence-corrected chi connectivity index (χ2v) is 6.59. The fourth-order valence-corrected chi connectivity index (χ4v) is 3.35. The SMILES string of the molecule is COC1CC(NCc2c(C)cc(C)cc2C)C1(C)C. The highest BCUT2D eigenvalue weighted by atomic mass is 16.5. The summed E-state index contributed by atoms with van der Waals surface area (Å²) in [7, 11) is 1.82. The van der Waals surface area contributed by atoms with Gasteiger partial charge in [-0.15, -0.1) is 0 Å². The molecule has 1 aliphatic rings. The summed E-state index contributed by atoms with van der Waals surface area (Å²) < 4.78 is 5.51. The molecule has 2 unspecified atom stereocenters. The van der Waals surface area contributed by atoms with Crippen molar-refractivity contribution in [3.8, 4) is 0 Å². The van der Waals surface area contributed by atoms with E-state index in [-0.39, 0.29) is 5.41 Å². The van der Waals surface area contributed by atoms with Gasteiger partial charge in [0.2, 0.25) is 0 Å². The first-order valence-corrected chi connectivity index (χ1v) is 7.19. The highest BCUT2D eigenvalue weighted by molar-refractivity contribution is 5.37. The normalized spacial score (nSPS) is 25.2. The van der Waals surface area contributed by atoms with Crippen molar-refractivity contribution in [1.29, 1.82) is 0 Å². The van der Waals surface area contributed by atoms with Gasteiger partial charge in [0.1, 0.15) is 0 Å². The Morgan fingerprint density at radius 2 is 1.79 bits per heavy atom. The Balaban J connectivity index is 2.01. The molecule has 19 heavy (non-hydrogen) atoms. The molecule has 1 fully saturated rings. The topological polar surface area (TPSA) is 21.3 Å². The van der Waals surface area contributed by atoms with Gasteiger partial charge in [-0.2, -0.15) is 0 Å². The van der Waals surface area contributed by atoms with Gasteiger partial charge in [0, 0.05) is 25.1 Å². The molecule has 0 aliphatic heterocycles. The summed E-state index contributed by atoms with van der Waals surface area (Å²) in [5, 5.41) is 3.71. The largest absolute Gasteiger partial charge is 0.381 e. The minimum atomic E-state index is 0.237. The molecule has 0 saturated heterocycles. The fourth-order valence-electron chi connectivity index (χ4n) is 3.35. The van der Waals surface area contributed by atoms with Gasteiger partial charge >= 0.3 is 0 Å². The van der Waals surface area contributed by atoms with Gasteiger partial charge in [0.25, 0.3) is 0 Å². The maximum Gasteiger partial charge on any atom is 0.0652 e. The van der Waals surface area contributed by atoms with Gasteiger partial charge in [-0.25, -0.2) is 0 Å². The Morgan fingerprint density at radius 3 is 2.26 bits per heavy atom. The molecule has 0 spiro atoms. The van der Waals surface area contributed by atoms with Crippen molar-refractivity contribution in [2.75, 3.05) is 7.11 Å². The lowest BCUT2D eigenvalue weighted by atomic mass is 9.64. The third-order valence-corrected chi connectivity index (χ3v) is 4.83. The summed E-state index contributed by atoms with van der Waals surface area (Å²) in [6.45, 7) is 12.1. The van der Waals surface area contributed by atoms with E-state index in [1.54, 1.807) is 0 Å². The van der Waals surface area contributed by atoms with E-state index in [0.29, 0.717) is 12.1 Å². The quantitative estimate of drug-likeness (QED) is 0.895. The second-order valence-electron chi connectivity index (χ2n) is 6.59. The molecule has 1 saturated carbocycles.